The minimum Gasteiger partial charge on any atom is -0.469 e. The number of furan rings is 1. The first-order valence-corrected chi connectivity index (χ1v) is 7.08. The normalized spacial score (nSPS) is 10.5. The lowest BCUT2D eigenvalue weighted by molar-refractivity contribution is 0.257. The maximum Gasteiger partial charge on any atom is 0.222 e. The number of ether oxygens (including phenoxy) is 1. The van der Waals surface area contributed by atoms with Gasteiger partial charge in [0.05, 0.1) is 11.8 Å². The number of aromatic nitrogens is 2. The zero-order chi connectivity index (χ0) is 14.2. The maximum atomic E-state index is 5.77. The Morgan fingerprint density at radius 2 is 2.15 bits per heavy atom. The summed E-state index contributed by atoms with van der Waals surface area (Å²) in [7, 11) is 0. The van der Waals surface area contributed by atoms with Crippen molar-refractivity contribution in [1.82, 2.24) is 9.97 Å². The van der Waals surface area contributed by atoms with Crippen molar-refractivity contribution in [1.29, 1.82) is 0 Å². The third-order valence-electron chi connectivity index (χ3n) is 2.88. The van der Waals surface area contributed by atoms with Crippen LogP contribution in [0.4, 0.5) is 5.82 Å². The van der Waals surface area contributed by atoms with Crippen molar-refractivity contribution in [2.75, 3.05) is 11.9 Å². The molecule has 0 unspecified atom stereocenters. The fourth-order valence-electron chi connectivity index (χ4n) is 1.93. The molecule has 2 heterocycles. The van der Waals surface area contributed by atoms with Crippen LogP contribution >= 0.6 is 0 Å². The van der Waals surface area contributed by atoms with E-state index in [-0.39, 0.29) is 0 Å². The quantitative estimate of drug-likeness (QED) is 0.799. The highest BCUT2D eigenvalue weighted by Gasteiger charge is 2.12. The van der Waals surface area contributed by atoms with Gasteiger partial charge in [-0.25, -0.2) is 9.97 Å². The monoisotopic (exact) mass is 275 g/mol. The number of hydrogen-bond donors (Lipinski definition) is 1. The van der Waals surface area contributed by atoms with E-state index < -0.39 is 0 Å². The van der Waals surface area contributed by atoms with Gasteiger partial charge >= 0.3 is 0 Å². The van der Waals surface area contributed by atoms with Gasteiger partial charge in [0.25, 0.3) is 0 Å². The van der Waals surface area contributed by atoms with Gasteiger partial charge in [-0.2, -0.15) is 0 Å². The lowest BCUT2D eigenvalue weighted by Gasteiger charge is -2.13. The predicted octanol–water partition coefficient (Wildman–Crippen LogP) is 3.42. The van der Waals surface area contributed by atoms with E-state index in [4.69, 9.17) is 9.15 Å². The Bertz CT molecular complexity index is 512. The number of hydrogen-bond acceptors (Lipinski definition) is 5. The Hall–Kier alpha value is -2.04. The highest BCUT2D eigenvalue weighted by Crippen LogP contribution is 2.24. The van der Waals surface area contributed by atoms with Crippen LogP contribution in [0.25, 0.3) is 0 Å². The molecule has 0 radical (unpaired) electrons. The Morgan fingerprint density at radius 3 is 2.85 bits per heavy atom. The van der Waals surface area contributed by atoms with E-state index in [9.17, 15) is 0 Å². The molecule has 0 amide bonds. The van der Waals surface area contributed by atoms with E-state index in [0.717, 1.165) is 42.9 Å². The molecule has 5 nitrogen and oxygen atoms in total. The van der Waals surface area contributed by atoms with E-state index >= 15 is 0 Å². The fourth-order valence-corrected chi connectivity index (χ4v) is 1.93. The molecule has 0 aliphatic carbocycles. The topological polar surface area (TPSA) is 60.2 Å². The van der Waals surface area contributed by atoms with Crippen molar-refractivity contribution < 1.29 is 9.15 Å². The molecule has 0 aliphatic heterocycles. The second-order valence-corrected chi connectivity index (χ2v) is 4.55. The van der Waals surface area contributed by atoms with Crippen molar-refractivity contribution in [2.24, 2.45) is 0 Å². The molecule has 0 bridgehead atoms. The molecular formula is C15H21N3O2. The average molecular weight is 275 g/mol. The van der Waals surface area contributed by atoms with Crippen LogP contribution in [0.1, 0.15) is 38.0 Å². The van der Waals surface area contributed by atoms with Gasteiger partial charge in [-0.1, -0.05) is 20.3 Å². The number of rotatable bonds is 8. The summed E-state index contributed by atoms with van der Waals surface area (Å²) in [4.78, 5) is 8.57. The lowest BCUT2D eigenvalue weighted by Crippen LogP contribution is -2.09. The van der Waals surface area contributed by atoms with Crippen LogP contribution in [0.15, 0.2) is 29.1 Å². The largest absolute Gasteiger partial charge is 0.469 e. The van der Waals surface area contributed by atoms with Crippen molar-refractivity contribution in [3.8, 4) is 5.88 Å². The van der Waals surface area contributed by atoms with Gasteiger partial charge in [0.2, 0.25) is 5.88 Å². The molecule has 0 saturated heterocycles. The van der Waals surface area contributed by atoms with Crippen LogP contribution in [0.5, 0.6) is 5.88 Å². The summed E-state index contributed by atoms with van der Waals surface area (Å²) in [5.74, 6) is 2.30. The minimum absolute atomic E-state index is 0.383. The second kappa shape index (κ2) is 7.53. The van der Waals surface area contributed by atoms with E-state index in [1.807, 2.05) is 12.1 Å². The van der Waals surface area contributed by atoms with Crippen molar-refractivity contribution in [3.05, 3.63) is 36.0 Å². The number of nitrogens with zero attached hydrogens (tertiary/aromatic N) is 2. The van der Waals surface area contributed by atoms with Gasteiger partial charge in [0.1, 0.15) is 24.5 Å². The first kappa shape index (κ1) is 14.4. The van der Waals surface area contributed by atoms with Crippen LogP contribution in [0.2, 0.25) is 0 Å². The Morgan fingerprint density at radius 1 is 1.25 bits per heavy atom. The maximum absolute atomic E-state index is 5.77. The van der Waals surface area contributed by atoms with Gasteiger partial charge in [0.15, 0.2) is 0 Å². The van der Waals surface area contributed by atoms with Crippen molar-refractivity contribution in [3.63, 3.8) is 0 Å². The van der Waals surface area contributed by atoms with Gasteiger partial charge in [-0.05, 0) is 25.0 Å². The van der Waals surface area contributed by atoms with Gasteiger partial charge in [-0.15, -0.1) is 0 Å². The summed E-state index contributed by atoms with van der Waals surface area (Å²) >= 11 is 0. The summed E-state index contributed by atoms with van der Waals surface area (Å²) in [6.45, 7) is 5.54. The minimum atomic E-state index is 0.383. The van der Waals surface area contributed by atoms with Crippen LogP contribution in [-0.4, -0.2) is 16.5 Å². The standard InChI is InChI=1S/C15H21N3O2/c1-3-6-13-14(16-8-4-2)17-11-18-15(13)20-10-12-7-5-9-19-12/h5,7,9,11H,3-4,6,8,10H2,1-2H3,(H,16,17,18). The van der Waals surface area contributed by atoms with E-state index in [2.05, 4.69) is 29.1 Å². The number of anilines is 1. The highest BCUT2D eigenvalue weighted by atomic mass is 16.5. The van der Waals surface area contributed by atoms with E-state index in [1.165, 1.54) is 6.33 Å². The molecule has 2 rings (SSSR count). The molecular weight excluding hydrogens is 254 g/mol. The zero-order valence-electron chi connectivity index (χ0n) is 12.1. The van der Waals surface area contributed by atoms with Crippen LogP contribution in [0.3, 0.4) is 0 Å². The Kier molecular flexibility index (Phi) is 5.41. The summed E-state index contributed by atoms with van der Waals surface area (Å²) in [5, 5.41) is 3.33. The van der Waals surface area contributed by atoms with Crippen LogP contribution < -0.4 is 10.1 Å². The fraction of sp³-hybridized carbons (Fsp3) is 0.467. The second-order valence-electron chi connectivity index (χ2n) is 4.55. The summed E-state index contributed by atoms with van der Waals surface area (Å²) in [6.07, 6.45) is 6.14. The highest BCUT2D eigenvalue weighted by molar-refractivity contribution is 5.48. The first-order chi connectivity index (χ1) is 9.85. The third-order valence-corrected chi connectivity index (χ3v) is 2.88. The number of nitrogens with one attached hydrogen (secondary N) is 1. The average Bonchev–Trinajstić information content (AvgIpc) is 2.98. The smallest absolute Gasteiger partial charge is 0.222 e. The van der Waals surface area contributed by atoms with Crippen LogP contribution in [0, 0.1) is 0 Å². The van der Waals surface area contributed by atoms with Gasteiger partial charge < -0.3 is 14.5 Å². The predicted molar refractivity (Wildman–Crippen MR) is 77.8 cm³/mol. The summed E-state index contributed by atoms with van der Waals surface area (Å²) in [6, 6.07) is 3.73. The molecule has 2 aromatic rings. The summed E-state index contributed by atoms with van der Waals surface area (Å²) in [5.41, 5.74) is 1.04. The molecule has 1 N–H and O–H groups in total. The Balaban J connectivity index is 2.13. The van der Waals surface area contributed by atoms with Gasteiger partial charge in [-0.3, -0.25) is 0 Å². The molecule has 108 valence electrons. The summed E-state index contributed by atoms with van der Waals surface area (Å²) < 4.78 is 11.0. The first-order valence-electron chi connectivity index (χ1n) is 7.08. The van der Waals surface area contributed by atoms with Crippen LogP contribution in [-0.2, 0) is 13.0 Å². The Labute approximate surface area is 119 Å². The molecule has 0 aliphatic rings. The lowest BCUT2D eigenvalue weighted by atomic mass is 10.1. The van der Waals surface area contributed by atoms with E-state index in [0.29, 0.717) is 12.5 Å². The van der Waals surface area contributed by atoms with E-state index in [1.54, 1.807) is 6.26 Å². The van der Waals surface area contributed by atoms with Crippen molar-refractivity contribution >= 4 is 5.82 Å². The molecule has 2 aromatic heterocycles. The molecule has 5 heteroatoms. The molecule has 20 heavy (non-hydrogen) atoms. The molecule has 0 saturated carbocycles. The third kappa shape index (κ3) is 3.73. The molecule has 0 aromatic carbocycles. The van der Waals surface area contributed by atoms with Crippen molar-refractivity contribution in [2.45, 2.75) is 39.7 Å². The molecule has 0 fully saturated rings. The molecule has 0 atom stereocenters. The van der Waals surface area contributed by atoms with Gasteiger partial charge in [0, 0.05) is 6.54 Å². The molecule has 0 spiro atoms. The SMILES string of the molecule is CCCNc1ncnc(OCc2ccco2)c1CCC. The zero-order valence-corrected chi connectivity index (χ0v) is 12.1.